The van der Waals surface area contributed by atoms with Crippen LogP contribution in [-0.4, -0.2) is 9.91 Å². The summed E-state index contributed by atoms with van der Waals surface area (Å²) in [7, 11) is 0. The fourth-order valence-corrected chi connectivity index (χ4v) is 0.826. The summed E-state index contributed by atoms with van der Waals surface area (Å²) in [5, 5.41) is 10.2. The van der Waals surface area contributed by atoms with E-state index in [2.05, 4.69) is 4.98 Å². The van der Waals surface area contributed by atoms with E-state index in [9.17, 15) is 23.3 Å². The molecule has 0 saturated carbocycles. The summed E-state index contributed by atoms with van der Waals surface area (Å²) < 4.78 is 36.4. The summed E-state index contributed by atoms with van der Waals surface area (Å²) in [5.74, 6) is 0. The predicted octanol–water partition coefficient (Wildman–Crippen LogP) is 1.59. The average molecular weight is 207 g/mol. The van der Waals surface area contributed by atoms with Gasteiger partial charge in [0.15, 0.2) is 0 Å². The van der Waals surface area contributed by atoms with E-state index in [-0.39, 0.29) is 5.69 Å². The van der Waals surface area contributed by atoms with Crippen LogP contribution in [0, 0.1) is 10.1 Å². The van der Waals surface area contributed by atoms with E-state index in [0.717, 1.165) is 6.20 Å². The number of anilines is 1. The molecule has 0 atom stereocenters. The quantitative estimate of drug-likeness (QED) is 0.559. The Morgan fingerprint density at radius 2 is 2.07 bits per heavy atom. The molecule has 0 aliphatic rings. The van der Waals surface area contributed by atoms with Crippen molar-refractivity contribution in [3.63, 3.8) is 0 Å². The number of nitro groups is 1. The predicted molar refractivity (Wildman–Crippen MR) is 40.3 cm³/mol. The molecule has 5 nitrogen and oxygen atoms in total. The molecule has 8 heteroatoms. The molecule has 2 N–H and O–H groups in total. The molecule has 0 aliphatic carbocycles. The summed E-state index contributed by atoms with van der Waals surface area (Å²) in [6.07, 6.45) is -4.13. The molecule has 0 saturated heterocycles. The third-order valence-corrected chi connectivity index (χ3v) is 1.35. The first kappa shape index (κ1) is 10.2. The molecule has 0 amide bonds. The maximum absolute atomic E-state index is 12.1. The highest BCUT2D eigenvalue weighted by Gasteiger charge is 2.40. The number of hydrogen-bond donors (Lipinski definition) is 1. The van der Waals surface area contributed by atoms with Crippen molar-refractivity contribution in [1.29, 1.82) is 0 Å². The Hall–Kier alpha value is -1.86. The molecule has 0 bridgehead atoms. The fourth-order valence-electron chi connectivity index (χ4n) is 0.826. The SMILES string of the molecule is Nc1cnc(C(F)(F)F)c([N+](=O)[O-])c1. The van der Waals surface area contributed by atoms with E-state index in [4.69, 9.17) is 5.73 Å². The normalized spacial score (nSPS) is 11.4. The molecule has 1 heterocycles. The van der Waals surface area contributed by atoms with Gasteiger partial charge in [0, 0.05) is 6.07 Å². The smallest absolute Gasteiger partial charge is 0.397 e. The molecule has 76 valence electrons. The van der Waals surface area contributed by atoms with Gasteiger partial charge < -0.3 is 5.73 Å². The molecule has 1 aromatic heterocycles. The largest absolute Gasteiger partial charge is 0.440 e. The molecule has 14 heavy (non-hydrogen) atoms. The molecule has 0 radical (unpaired) electrons. The zero-order valence-electron chi connectivity index (χ0n) is 6.58. The van der Waals surface area contributed by atoms with Gasteiger partial charge >= 0.3 is 11.9 Å². The van der Waals surface area contributed by atoms with E-state index in [1.807, 2.05) is 0 Å². The van der Waals surface area contributed by atoms with Crippen molar-refractivity contribution in [3.8, 4) is 0 Å². The molecule has 1 rings (SSSR count). The number of rotatable bonds is 1. The van der Waals surface area contributed by atoms with Crippen LogP contribution in [0.2, 0.25) is 0 Å². The number of aromatic nitrogens is 1. The zero-order valence-corrected chi connectivity index (χ0v) is 6.58. The van der Waals surface area contributed by atoms with Crippen LogP contribution in [-0.2, 0) is 6.18 Å². The van der Waals surface area contributed by atoms with Crippen molar-refractivity contribution in [3.05, 3.63) is 28.1 Å². The number of pyridine rings is 1. The van der Waals surface area contributed by atoms with E-state index in [1.54, 1.807) is 0 Å². The topological polar surface area (TPSA) is 82.0 Å². The first-order chi connectivity index (χ1) is 6.32. The molecular formula is C6H4F3N3O2. The molecule has 0 fully saturated rings. The number of nitrogens with two attached hydrogens (primary N) is 1. The van der Waals surface area contributed by atoms with Crippen molar-refractivity contribution in [2.24, 2.45) is 0 Å². The van der Waals surface area contributed by atoms with Crippen LogP contribution in [0.3, 0.4) is 0 Å². The summed E-state index contributed by atoms with van der Waals surface area (Å²) in [5.41, 5.74) is 2.20. The third kappa shape index (κ3) is 1.90. The monoisotopic (exact) mass is 207 g/mol. The van der Waals surface area contributed by atoms with Crippen LogP contribution in [0.1, 0.15) is 5.69 Å². The standard InChI is InChI=1S/C6H4F3N3O2/c7-6(8,9)5-4(12(13)14)1-3(10)2-11-5/h1-2H,10H2. The lowest BCUT2D eigenvalue weighted by Crippen LogP contribution is -2.11. The van der Waals surface area contributed by atoms with Gasteiger partial charge in [-0.15, -0.1) is 0 Å². The maximum Gasteiger partial charge on any atom is 0.440 e. The Morgan fingerprint density at radius 1 is 1.50 bits per heavy atom. The Balaban J connectivity index is 3.37. The number of hydrogen-bond acceptors (Lipinski definition) is 4. The highest BCUT2D eigenvalue weighted by Crippen LogP contribution is 2.34. The van der Waals surface area contributed by atoms with Crippen molar-refractivity contribution < 1.29 is 18.1 Å². The second-order valence-corrected chi connectivity index (χ2v) is 2.39. The van der Waals surface area contributed by atoms with Gasteiger partial charge in [0.05, 0.1) is 16.8 Å². The van der Waals surface area contributed by atoms with E-state index >= 15 is 0 Å². The minimum atomic E-state index is -4.85. The molecule has 0 aromatic carbocycles. The lowest BCUT2D eigenvalue weighted by molar-refractivity contribution is -0.388. The van der Waals surface area contributed by atoms with Crippen LogP contribution < -0.4 is 5.73 Å². The maximum atomic E-state index is 12.1. The van der Waals surface area contributed by atoms with Gasteiger partial charge in [0.25, 0.3) is 0 Å². The van der Waals surface area contributed by atoms with E-state index < -0.39 is 22.5 Å². The summed E-state index contributed by atoms with van der Waals surface area (Å²) in [4.78, 5) is 11.9. The molecule has 0 unspecified atom stereocenters. The summed E-state index contributed by atoms with van der Waals surface area (Å²) in [6.45, 7) is 0. The van der Waals surface area contributed by atoms with Crippen molar-refractivity contribution >= 4 is 11.4 Å². The van der Waals surface area contributed by atoms with Gasteiger partial charge in [-0.1, -0.05) is 0 Å². The zero-order chi connectivity index (χ0) is 10.9. The molecule has 0 aliphatic heterocycles. The second kappa shape index (κ2) is 3.13. The highest BCUT2D eigenvalue weighted by molar-refractivity contribution is 5.49. The van der Waals surface area contributed by atoms with Crippen molar-refractivity contribution in [1.82, 2.24) is 4.98 Å². The number of halogens is 3. The number of alkyl halides is 3. The number of nitrogens with zero attached hydrogens (tertiary/aromatic N) is 2. The third-order valence-electron chi connectivity index (χ3n) is 1.35. The fraction of sp³-hybridized carbons (Fsp3) is 0.167. The van der Waals surface area contributed by atoms with Crippen LogP contribution in [0.15, 0.2) is 12.3 Å². The lowest BCUT2D eigenvalue weighted by Gasteiger charge is -2.05. The van der Waals surface area contributed by atoms with Gasteiger partial charge in [-0.3, -0.25) is 10.1 Å². The minimum absolute atomic E-state index is 0.190. The van der Waals surface area contributed by atoms with Gasteiger partial charge in [-0.05, 0) is 0 Å². The Labute approximate surface area is 75.5 Å². The van der Waals surface area contributed by atoms with Gasteiger partial charge in [0.2, 0.25) is 5.69 Å². The first-order valence-corrected chi connectivity index (χ1v) is 3.29. The van der Waals surface area contributed by atoms with Gasteiger partial charge in [-0.25, -0.2) is 4.98 Å². The number of nitrogen functional groups attached to an aromatic ring is 1. The van der Waals surface area contributed by atoms with Crippen LogP contribution >= 0.6 is 0 Å². The minimum Gasteiger partial charge on any atom is -0.397 e. The first-order valence-electron chi connectivity index (χ1n) is 3.29. The van der Waals surface area contributed by atoms with E-state index in [0.29, 0.717) is 6.07 Å². The average Bonchev–Trinajstić information content (AvgIpc) is 2.01. The Bertz CT molecular complexity index is 377. The van der Waals surface area contributed by atoms with Crippen molar-refractivity contribution in [2.75, 3.05) is 5.73 Å². The molecular weight excluding hydrogens is 203 g/mol. The van der Waals surface area contributed by atoms with Crippen LogP contribution in [0.5, 0.6) is 0 Å². The van der Waals surface area contributed by atoms with E-state index in [1.165, 1.54) is 0 Å². The molecule has 1 aromatic rings. The second-order valence-electron chi connectivity index (χ2n) is 2.39. The van der Waals surface area contributed by atoms with Crippen molar-refractivity contribution in [2.45, 2.75) is 6.18 Å². The Kier molecular flexibility index (Phi) is 2.28. The van der Waals surface area contributed by atoms with Gasteiger partial charge in [-0.2, -0.15) is 13.2 Å². The molecule has 0 spiro atoms. The summed E-state index contributed by atoms with van der Waals surface area (Å²) in [6, 6.07) is 0.621. The van der Waals surface area contributed by atoms with Gasteiger partial charge in [0.1, 0.15) is 0 Å². The lowest BCUT2D eigenvalue weighted by atomic mass is 10.3. The summed E-state index contributed by atoms with van der Waals surface area (Å²) >= 11 is 0. The van der Waals surface area contributed by atoms with Crippen LogP contribution in [0.25, 0.3) is 0 Å². The highest BCUT2D eigenvalue weighted by atomic mass is 19.4. The Morgan fingerprint density at radius 3 is 2.50 bits per heavy atom. The van der Waals surface area contributed by atoms with Crippen LogP contribution in [0.4, 0.5) is 24.5 Å².